The third kappa shape index (κ3) is 1.07. The molecule has 1 aliphatic carbocycles. The van der Waals surface area contributed by atoms with E-state index in [0.717, 1.165) is 6.42 Å². The molecule has 3 atom stereocenters. The SMILES string of the molecule is COC(=O)C1CC2Sc3ccccc3[C@@]21C. The Kier molecular flexibility index (Phi) is 2.08. The van der Waals surface area contributed by atoms with Gasteiger partial charge in [-0.1, -0.05) is 25.1 Å². The fourth-order valence-electron chi connectivity index (χ4n) is 2.95. The molecule has 0 radical (unpaired) electrons. The lowest BCUT2D eigenvalue weighted by molar-refractivity contribution is -0.152. The number of methoxy groups -OCH3 is 1. The van der Waals surface area contributed by atoms with Crippen LogP contribution in [0, 0.1) is 5.92 Å². The Labute approximate surface area is 99.4 Å². The smallest absolute Gasteiger partial charge is 0.309 e. The minimum atomic E-state index is -0.0592. The van der Waals surface area contributed by atoms with E-state index in [2.05, 4.69) is 31.2 Å². The zero-order valence-corrected chi connectivity index (χ0v) is 10.2. The van der Waals surface area contributed by atoms with E-state index in [1.807, 2.05) is 11.8 Å². The zero-order valence-electron chi connectivity index (χ0n) is 9.40. The third-order valence-corrected chi connectivity index (χ3v) is 5.64. The maximum absolute atomic E-state index is 11.7. The van der Waals surface area contributed by atoms with Crippen LogP contribution in [0.5, 0.6) is 0 Å². The predicted octanol–water partition coefficient (Wildman–Crippen LogP) is 2.61. The second kappa shape index (κ2) is 3.27. The Bertz CT molecular complexity index is 457. The Morgan fingerprint density at radius 2 is 2.25 bits per heavy atom. The van der Waals surface area contributed by atoms with Gasteiger partial charge in [0, 0.05) is 15.6 Å². The molecule has 3 heteroatoms. The van der Waals surface area contributed by atoms with E-state index in [9.17, 15) is 4.79 Å². The van der Waals surface area contributed by atoms with E-state index < -0.39 is 0 Å². The summed E-state index contributed by atoms with van der Waals surface area (Å²) in [6, 6.07) is 8.42. The van der Waals surface area contributed by atoms with Crippen molar-refractivity contribution in [2.75, 3.05) is 7.11 Å². The number of hydrogen-bond acceptors (Lipinski definition) is 3. The molecule has 1 aromatic carbocycles. The first-order valence-corrected chi connectivity index (χ1v) is 6.40. The van der Waals surface area contributed by atoms with Crippen molar-refractivity contribution < 1.29 is 9.53 Å². The molecule has 1 heterocycles. The minimum Gasteiger partial charge on any atom is -0.469 e. The number of thioether (sulfide) groups is 1. The van der Waals surface area contributed by atoms with Gasteiger partial charge in [-0.3, -0.25) is 4.79 Å². The maximum atomic E-state index is 11.7. The standard InChI is InChI=1S/C13H14O2S/c1-13-8-5-3-4-6-10(8)16-11(13)7-9(13)12(14)15-2/h3-6,9,11H,7H2,1-2H3/t9?,11?,13-/m1/s1. The average molecular weight is 234 g/mol. The zero-order chi connectivity index (χ0) is 11.3. The number of carbonyl (C=O) groups excluding carboxylic acids is 1. The van der Waals surface area contributed by atoms with E-state index in [4.69, 9.17) is 4.74 Å². The van der Waals surface area contributed by atoms with Crippen LogP contribution in [0.2, 0.25) is 0 Å². The molecule has 1 aliphatic heterocycles. The number of carbonyl (C=O) groups is 1. The van der Waals surface area contributed by atoms with Gasteiger partial charge in [0.15, 0.2) is 0 Å². The second-order valence-electron chi connectivity index (χ2n) is 4.70. The Morgan fingerprint density at radius 1 is 1.50 bits per heavy atom. The largest absolute Gasteiger partial charge is 0.469 e. The highest BCUT2D eigenvalue weighted by Crippen LogP contribution is 2.62. The van der Waals surface area contributed by atoms with Crippen LogP contribution in [0.1, 0.15) is 18.9 Å². The molecule has 0 aromatic heterocycles. The Hall–Kier alpha value is -0.960. The lowest BCUT2D eigenvalue weighted by Gasteiger charge is -2.48. The lowest BCUT2D eigenvalue weighted by Crippen LogP contribution is -2.54. The van der Waals surface area contributed by atoms with E-state index in [1.165, 1.54) is 17.6 Å². The second-order valence-corrected chi connectivity index (χ2v) is 5.94. The minimum absolute atomic E-state index is 0.00560. The third-order valence-electron chi connectivity index (χ3n) is 4.06. The maximum Gasteiger partial charge on any atom is 0.309 e. The normalized spacial score (nSPS) is 34.9. The molecule has 0 saturated heterocycles. The summed E-state index contributed by atoms with van der Waals surface area (Å²) in [6.07, 6.45) is 0.947. The van der Waals surface area contributed by atoms with Gasteiger partial charge >= 0.3 is 5.97 Å². The molecule has 0 N–H and O–H groups in total. The van der Waals surface area contributed by atoms with Gasteiger partial charge in [-0.2, -0.15) is 0 Å². The van der Waals surface area contributed by atoms with Gasteiger partial charge < -0.3 is 4.74 Å². The van der Waals surface area contributed by atoms with Crippen molar-refractivity contribution in [1.29, 1.82) is 0 Å². The molecule has 2 unspecified atom stereocenters. The summed E-state index contributed by atoms with van der Waals surface area (Å²) in [7, 11) is 1.48. The highest BCUT2D eigenvalue weighted by atomic mass is 32.2. The summed E-state index contributed by atoms with van der Waals surface area (Å²) in [6.45, 7) is 2.20. The van der Waals surface area contributed by atoms with Crippen molar-refractivity contribution in [3.63, 3.8) is 0 Å². The topological polar surface area (TPSA) is 26.3 Å². The summed E-state index contributed by atoms with van der Waals surface area (Å²) in [5.74, 6) is -0.0188. The number of hydrogen-bond donors (Lipinski definition) is 0. The average Bonchev–Trinajstić information content (AvgIpc) is 2.52. The Morgan fingerprint density at radius 3 is 3.00 bits per heavy atom. The van der Waals surface area contributed by atoms with Crippen molar-refractivity contribution in [3.8, 4) is 0 Å². The molecule has 84 valence electrons. The number of ether oxygens (including phenoxy) is 1. The van der Waals surface area contributed by atoms with Crippen molar-refractivity contribution >= 4 is 17.7 Å². The summed E-state index contributed by atoms with van der Waals surface area (Å²) < 4.78 is 4.89. The first kappa shape index (κ1) is 10.2. The number of rotatable bonds is 1. The van der Waals surface area contributed by atoms with E-state index in [0.29, 0.717) is 5.25 Å². The number of benzene rings is 1. The van der Waals surface area contributed by atoms with Gasteiger partial charge in [-0.25, -0.2) is 0 Å². The van der Waals surface area contributed by atoms with Crippen molar-refractivity contribution in [3.05, 3.63) is 29.8 Å². The molecule has 0 amide bonds. The molecule has 2 nitrogen and oxygen atoms in total. The van der Waals surface area contributed by atoms with E-state index in [1.54, 1.807) is 0 Å². The summed E-state index contributed by atoms with van der Waals surface area (Å²) in [5, 5.41) is 0.550. The van der Waals surface area contributed by atoms with Crippen LogP contribution in [-0.2, 0) is 14.9 Å². The highest BCUT2D eigenvalue weighted by molar-refractivity contribution is 8.00. The summed E-state index contributed by atoms with van der Waals surface area (Å²) in [5.41, 5.74) is 1.32. The lowest BCUT2D eigenvalue weighted by atomic mass is 9.57. The van der Waals surface area contributed by atoms with Crippen LogP contribution in [-0.4, -0.2) is 18.3 Å². The van der Waals surface area contributed by atoms with Crippen molar-refractivity contribution in [1.82, 2.24) is 0 Å². The fourth-order valence-corrected chi connectivity index (χ4v) is 4.65. The molecular formula is C13H14O2S. The van der Waals surface area contributed by atoms with Crippen molar-refractivity contribution in [2.45, 2.75) is 28.9 Å². The first-order chi connectivity index (χ1) is 7.67. The van der Waals surface area contributed by atoms with E-state index >= 15 is 0 Å². The van der Waals surface area contributed by atoms with Crippen LogP contribution in [0.15, 0.2) is 29.2 Å². The van der Waals surface area contributed by atoms with Gasteiger partial charge in [-0.15, -0.1) is 11.8 Å². The number of fused-ring (bicyclic) bond motifs is 3. The van der Waals surface area contributed by atoms with Crippen LogP contribution in [0.4, 0.5) is 0 Å². The fraction of sp³-hybridized carbons (Fsp3) is 0.462. The monoisotopic (exact) mass is 234 g/mol. The van der Waals surface area contributed by atoms with Crippen LogP contribution in [0.25, 0.3) is 0 Å². The summed E-state index contributed by atoms with van der Waals surface area (Å²) in [4.78, 5) is 13.1. The van der Waals surface area contributed by atoms with Gasteiger partial charge in [0.1, 0.15) is 0 Å². The summed E-state index contributed by atoms with van der Waals surface area (Å²) >= 11 is 1.91. The first-order valence-electron chi connectivity index (χ1n) is 5.52. The molecule has 2 aliphatic rings. The van der Waals surface area contributed by atoms with Crippen LogP contribution in [0.3, 0.4) is 0 Å². The quantitative estimate of drug-likeness (QED) is 0.699. The number of esters is 1. The molecular weight excluding hydrogens is 220 g/mol. The van der Waals surface area contributed by atoms with Gasteiger partial charge in [0.25, 0.3) is 0 Å². The van der Waals surface area contributed by atoms with Gasteiger partial charge in [0.2, 0.25) is 0 Å². The van der Waals surface area contributed by atoms with Gasteiger partial charge in [0.05, 0.1) is 13.0 Å². The molecule has 1 aromatic rings. The molecule has 1 fully saturated rings. The molecule has 1 saturated carbocycles. The van der Waals surface area contributed by atoms with Crippen LogP contribution >= 0.6 is 11.8 Å². The van der Waals surface area contributed by atoms with E-state index in [-0.39, 0.29) is 17.3 Å². The molecule has 0 bridgehead atoms. The Balaban J connectivity index is 2.03. The van der Waals surface area contributed by atoms with Crippen molar-refractivity contribution in [2.24, 2.45) is 5.92 Å². The predicted molar refractivity (Wildman–Crippen MR) is 63.6 cm³/mol. The molecule has 0 spiro atoms. The van der Waals surface area contributed by atoms with Crippen LogP contribution < -0.4 is 0 Å². The highest BCUT2D eigenvalue weighted by Gasteiger charge is 2.60. The van der Waals surface area contributed by atoms with Gasteiger partial charge in [-0.05, 0) is 18.1 Å². The molecule has 3 rings (SSSR count). The molecule has 16 heavy (non-hydrogen) atoms.